The third-order valence-corrected chi connectivity index (χ3v) is 4.89. The third-order valence-electron chi connectivity index (χ3n) is 3.88. The molecule has 1 fully saturated rings. The number of benzene rings is 1. The average Bonchev–Trinajstić information content (AvgIpc) is 2.89. The third kappa shape index (κ3) is 1.99. The molecule has 2 aromatic rings. The first-order chi connectivity index (χ1) is 8.25. The van der Waals surface area contributed by atoms with Gasteiger partial charge in [-0.15, -0.1) is 11.3 Å². The van der Waals surface area contributed by atoms with Crippen molar-refractivity contribution in [3.63, 3.8) is 0 Å². The Morgan fingerprint density at radius 2 is 2.24 bits per heavy atom. The highest BCUT2D eigenvalue weighted by Crippen LogP contribution is 2.28. The van der Waals surface area contributed by atoms with Gasteiger partial charge in [-0.05, 0) is 35.7 Å². The summed E-state index contributed by atoms with van der Waals surface area (Å²) in [6, 6.07) is 9.51. The highest BCUT2D eigenvalue weighted by Gasteiger charge is 2.27. The minimum absolute atomic E-state index is 0.347. The zero-order valence-corrected chi connectivity index (χ0v) is 10.9. The molecule has 0 bridgehead atoms. The zero-order valence-electron chi connectivity index (χ0n) is 10.1. The normalized spacial score (nSPS) is 25.8. The number of likely N-dealkylation sites (tertiary alicyclic amines) is 1. The largest absolute Gasteiger partial charge is 0.326 e. The van der Waals surface area contributed by atoms with E-state index in [9.17, 15) is 0 Å². The van der Waals surface area contributed by atoms with Crippen molar-refractivity contribution in [2.24, 2.45) is 5.73 Å². The number of fused-ring (bicyclic) bond motifs is 1. The predicted molar refractivity (Wildman–Crippen MR) is 74.3 cm³/mol. The molecule has 2 nitrogen and oxygen atoms in total. The predicted octanol–water partition coefficient (Wildman–Crippen LogP) is 2.82. The number of nitrogens with zero attached hydrogens (tertiary/aromatic N) is 1. The first kappa shape index (κ1) is 11.2. The lowest BCUT2D eigenvalue weighted by atomic mass is 10.1. The fourth-order valence-corrected chi connectivity index (χ4v) is 3.58. The van der Waals surface area contributed by atoms with E-state index in [-0.39, 0.29) is 0 Å². The van der Waals surface area contributed by atoms with Gasteiger partial charge in [-0.3, -0.25) is 4.90 Å². The van der Waals surface area contributed by atoms with Gasteiger partial charge in [0.25, 0.3) is 0 Å². The SMILES string of the molecule is CC1C(N)CCN1Cc1csc2ccccc12. The van der Waals surface area contributed by atoms with Crippen LogP contribution in [0.15, 0.2) is 29.6 Å². The summed E-state index contributed by atoms with van der Waals surface area (Å²) in [5, 5.41) is 3.70. The molecule has 0 aliphatic carbocycles. The first-order valence-electron chi connectivity index (χ1n) is 6.20. The molecule has 2 unspecified atom stereocenters. The average molecular weight is 246 g/mol. The first-order valence-corrected chi connectivity index (χ1v) is 7.08. The van der Waals surface area contributed by atoms with Crippen molar-refractivity contribution >= 4 is 21.4 Å². The number of nitrogens with two attached hydrogens (primary N) is 1. The summed E-state index contributed by atoms with van der Waals surface area (Å²) < 4.78 is 1.39. The van der Waals surface area contributed by atoms with Gasteiger partial charge < -0.3 is 5.73 Å². The molecule has 1 saturated heterocycles. The Labute approximate surface area is 106 Å². The smallest absolute Gasteiger partial charge is 0.0346 e. The van der Waals surface area contributed by atoms with E-state index in [1.165, 1.54) is 15.6 Å². The molecule has 1 aliphatic rings. The van der Waals surface area contributed by atoms with Crippen LogP contribution >= 0.6 is 11.3 Å². The van der Waals surface area contributed by atoms with Crippen molar-refractivity contribution in [1.82, 2.24) is 4.90 Å². The van der Waals surface area contributed by atoms with Gasteiger partial charge in [0.05, 0.1) is 0 Å². The number of thiophene rings is 1. The monoisotopic (exact) mass is 246 g/mol. The molecular weight excluding hydrogens is 228 g/mol. The van der Waals surface area contributed by atoms with E-state index in [0.717, 1.165) is 19.5 Å². The molecule has 0 radical (unpaired) electrons. The maximum Gasteiger partial charge on any atom is 0.0346 e. The Morgan fingerprint density at radius 1 is 1.41 bits per heavy atom. The van der Waals surface area contributed by atoms with E-state index in [1.54, 1.807) is 0 Å². The molecule has 3 heteroatoms. The summed E-state index contributed by atoms with van der Waals surface area (Å²) in [7, 11) is 0. The van der Waals surface area contributed by atoms with Crippen molar-refractivity contribution < 1.29 is 0 Å². The lowest BCUT2D eigenvalue weighted by Gasteiger charge is -2.22. The topological polar surface area (TPSA) is 29.3 Å². The van der Waals surface area contributed by atoms with Crippen LogP contribution in [0.5, 0.6) is 0 Å². The minimum Gasteiger partial charge on any atom is -0.326 e. The molecule has 1 aromatic carbocycles. The van der Waals surface area contributed by atoms with Gasteiger partial charge in [-0.2, -0.15) is 0 Å². The summed E-state index contributed by atoms with van der Waals surface area (Å²) in [6.45, 7) is 4.41. The zero-order chi connectivity index (χ0) is 11.8. The molecule has 2 heterocycles. The van der Waals surface area contributed by atoms with Gasteiger partial charge in [0.15, 0.2) is 0 Å². The Hall–Kier alpha value is -0.900. The van der Waals surface area contributed by atoms with Crippen molar-refractivity contribution in [2.75, 3.05) is 6.54 Å². The molecule has 0 amide bonds. The standard InChI is InChI=1S/C14H18N2S/c1-10-13(15)6-7-16(10)8-11-9-17-14-5-3-2-4-12(11)14/h2-5,9-10,13H,6-8,15H2,1H3. The van der Waals surface area contributed by atoms with E-state index in [4.69, 9.17) is 5.73 Å². The van der Waals surface area contributed by atoms with Crippen molar-refractivity contribution in [3.05, 3.63) is 35.2 Å². The summed E-state index contributed by atoms with van der Waals surface area (Å²) in [6.07, 6.45) is 1.13. The summed E-state index contributed by atoms with van der Waals surface area (Å²) in [4.78, 5) is 2.50. The van der Waals surface area contributed by atoms with Crippen LogP contribution in [0, 0.1) is 0 Å². The van der Waals surface area contributed by atoms with E-state index in [2.05, 4.69) is 41.5 Å². The summed E-state index contributed by atoms with van der Waals surface area (Å²) in [5.74, 6) is 0. The van der Waals surface area contributed by atoms with E-state index < -0.39 is 0 Å². The minimum atomic E-state index is 0.347. The van der Waals surface area contributed by atoms with Gasteiger partial charge in [0, 0.05) is 29.9 Å². The fourth-order valence-electron chi connectivity index (χ4n) is 2.63. The number of hydrogen-bond donors (Lipinski definition) is 1. The molecule has 2 N–H and O–H groups in total. The summed E-state index contributed by atoms with van der Waals surface area (Å²) in [5.41, 5.74) is 7.52. The molecule has 3 rings (SSSR count). The molecular formula is C14H18N2S. The van der Waals surface area contributed by atoms with Crippen molar-refractivity contribution in [2.45, 2.75) is 32.0 Å². The van der Waals surface area contributed by atoms with Crippen molar-refractivity contribution in [3.8, 4) is 0 Å². The van der Waals surface area contributed by atoms with Gasteiger partial charge in [0.2, 0.25) is 0 Å². The molecule has 2 atom stereocenters. The molecule has 17 heavy (non-hydrogen) atoms. The Kier molecular flexibility index (Phi) is 2.90. The Bertz CT molecular complexity index is 520. The van der Waals surface area contributed by atoms with Crippen LogP contribution in [-0.2, 0) is 6.54 Å². The second-order valence-corrected chi connectivity index (χ2v) is 5.83. The molecule has 0 saturated carbocycles. The second kappa shape index (κ2) is 4.41. The lowest BCUT2D eigenvalue weighted by Crippen LogP contribution is -2.36. The van der Waals surface area contributed by atoms with Gasteiger partial charge >= 0.3 is 0 Å². The van der Waals surface area contributed by atoms with Gasteiger partial charge in [-0.25, -0.2) is 0 Å². The van der Waals surface area contributed by atoms with E-state index in [0.29, 0.717) is 12.1 Å². The number of hydrogen-bond acceptors (Lipinski definition) is 3. The van der Waals surface area contributed by atoms with Crippen molar-refractivity contribution in [1.29, 1.82) is 0 Å². The fraction of sp³-hybridized carbons (Fsp3) is 0.429. The molecule has 1 aliphatic heterocycles. The van der Waals surface area contributed by atoms with E-state index in [1.807, 2.05) is 11.3 Å². The quantitative estimate of drug-likeness (QED) is 0.883. The second-order valence-electron chi connectivity index (χ2n) is 4.92. The van der Waals surface area contributed by atoms with E-state index >= 15 is 0 Å². The van der Waals surface area contributed by atoms with Gasteiger partial charge in [0.1, 0.15) is 0 Å². The van der Waals surface area contributed by atoms with Crippen LogP contribution < -0.4 is 5.73 Å². The van der Waals surface area contributed by atoms with Crippen LogP contribution in [0.1, 0.15) is 18.9 Å². The van der Waals surface area contributed by atoms with Gasteiger partial charge in [-0.1, -0.05) is 18.2 Å². The Balaban J connectivity index is 1.86. The number of rotatable bonds is 2. The molecule has 0 spiro atoms. The maximum atomic E-state index is 6.07. The maximum absolute atomic E-state index is 6.07. The summed E-state index contributed by atoms with van der Waals surface area (Å²) >= 11 is 1.84. The Morgan fingerprint density at radius 3 is 3.00 bits per heavy atom. The van der Waals surface area contributed by atoms with Crippen LogP contribution in [0.4, 0.5) is 0 Å². The molecule has 90 valence electrons. The molecule has 1 aromatic heterocycles. The highest BCUT2D eigenvalue weighted by atomic mass is 32.1. The van der Waals surface area contributed by atoms with Crippen LogP contribution in [0.2, 0.25) is 0 Å². The lowest BCUT2D eigenvalue weighted by molar-refractivity contribution is 0.253. The van der Waals surface area contributed by atoms with Crippen LogP contribution in [0.25, 0.3) is 10.1 Å². The van der Waals surface area contributed by atoms with Crippen LogP contribution in [0.3, 0.4) is 0 Å². The highest BCUT2D eigenvalue weighted by molar-refractivity contribution is 7.17. The van der Waals surface area contributed by atoms with Crippen LogP contribution in [-0.4, -0.2) is 23.5 Å².